The van der Waals surface area contributed by atoms with Crippen LogP contribution >= 0.6 is 0 Å². The number of nitrogens with zero attached hydrogens (tertiary/aromatic N) is 2. The van der Waals surface area contributed by atoms with Gasteiger partial charge in [0.25, 0.3) is 0 Å². The molecule has 0 bridgehead atoms. The lowest BCUT2D eigenvalue weighted by atomic mass is 9.84. The van der Waals surface area contributed by atoms with Gasteiger partial charge in [0.2, 0.25) is 11.8 Å². The number of likely N-dealkylation sites (tertiary alicyclic amines) is 1. The maximum atomic E-state index is 13.1. The van der Waals surface area contributed by atoms with Gasteiger partial charge in [0.1, 0.15) is 19.3 Å². The number of ether oxygens (including phenoxy) is 1. The number of carbonyl (C=O) groups excluding carboxylic acids is 3. The van der Waals surface area contributed by atoms with Crippen LogP contribution in [0.3, 0.4) is 0 Å². The molecule has 0 unspecified atom stereocenters. The van der Waals surface area contributed by atoms with Crippen LogP contribution in [-0.4, -0.2) is 79.1 Å². The number of nitrogens with two attached hydrogens (primary N) is 3. The average molecular weight is 521 g/mol. The zero-order valence-corrected chi connectivity index (χ0v) is 20.6. The predicted molar refractivity (Wildman–Crippen MR) is 128 cm³/mol. The number of ketones is 1. The summed E-state index contributed by atoms with van der Waals surface area (Å²) in [4.78, 5) is 44.0. The molecule has 0 aromatic rings. The van der Waals surface area contributed by atoms with Crippen LogP contribution in [0.25, 0.3) is 0 Å². The van der Waals surface area contributed by atoms with Gasteiger partial charge in [-0.2, -0.15) is 13.2 Å². The van der Waals surface area contributed by atoms with Crippen molar-refractivity contribution in [3.8, 4) is 0 Å². The molecule has 3 atom stereocenters. The van der Waals surface area contributed by atoms with E-state index in [9.17, 15) is 27.6 Å². The van der Waals surface area contributed by atoms with E-state index >= 15 is 0 Å². The van der Waals surface area contributed by atoms with Gasteiger partial charge in [0.05, 0.1) is 12.1 Å². The quantitative estimate of drug-likeness (QED) is 0.159. The Morgan fingerprint density at radius 2 is 1.78 bits per heavy atom. The molecule has 2 fully saturated rings. The molecule has 1 heterocycles. The smallest absolute Gasteiger partial charge is 0.370 e. The fourth-order valence-corrected chi connectivity index (χ4v) is 4.85. The number of aliphatic imine (C=N–C) groups is 1. The second-order valence-electron chi connectivity index (χ2n) is 9.62. The molecule has 7 N–H and O–H groups in total. The Morgan fingerprint density at radius 3 is 2.42 bits per heavy atom. The molecule has 13 heteroatoms. The van der Waals surface area contributed by atoms with Crippen LogP contribution in [0.1, 0.15) is 64.2 Å². The van der Waals surface area contributed by atoms with Gasteiger partial charge in [-0.05, 0) is 38.0 Å². The van der Waals surface area contributed by atoms with Gasteiger partial charge in [0.15, 0.2) is 11.7 Å². The lowest BCUT2D eigenvalue weighted by Gasteiger charge is -2.30. The molecule has 1 aliphatic carbocycles. The van der Waals surface area contributed by atoms with E-state index in [1.165, 1.54) is 11.3 Å². The maximum absolute atomic E-state index is 13.1. The highest BCUT2D eigenvalue weighted by atomic mass is 19.4. The van der Waals surface area contributed by atoms with Crippen molar-refractivity contribution in [2.24, 2.45) is 28.1 Å². The lowest BCUT2D eigenvalue weighted by Crippen LogP contribution is -2.54. The van der Waals surface area contributed by atoms with Crippen LogP contribution in [0, 0.1) is 5.92 Å². The number of hydrogen-bond acceptors (Lipinski definition) is 6. The maximum Gasteiger partial charge on any atom is 0.411 e. The van der Waals surface area contributed by atoms with Crippen molar-refractivity contribution in [2.75, 3.05) is 26.3 Å². The number of amides is 2. The summed E-state index contributed by atoms with van der Waals surface area (Å²) >= 11 is 0. The third-order valence-corrected chi connectivity index (χ3v) is 6.63. The Labute approximate surface area is 209 Å². The summed E-state index contributed by atoms with van der Waals surface area (Å²) in [5.74, 6) is -1.28. The van der Waals surface area contributed by atoms with Gasteiger partial charge in [-0.25, -0.2) is 0 Å². The van der Waals surface area contributed by atoms with Crippen molar-refractivity contribution in [3.63, 3.8) is 0 Å². The number of hydrogen-bond donors (Lipinski definition) is 4. The number of Topliss-reactive ketones (excluding diaryl/α,β-unsaturated/α-hetero) is 1. The Morgan fingerprint density at radius 1 is 1.08 bits per heavy atom. The first kappa shape index (κ1) is 29.8. The van der Waals surface area contributed by atoms with Crippen molar-refractivity contribution in [3.05, 3.63) is 0 Å². The molecule has 1 saturated carbocycles. The van der Waals surface area contributed by atoms with Gasteiger partial charge in [-0.15, -0.1) is 0 Å². The molecule has 0 aromatic heterocycles. The number of alkyl halides is 3. The number of guanidine groups is 1. The fourth-order valence-electron chi connectivity index (χ4n) is 4.85. The third-order valence-electron chi connectivity index (χ3n) is 6.63. The minimum Gasteiger partial charge on any atom is -0.370 e. The highest BCUT2D eigenvalue weighted by Crippen LogP contribution is 2.28. The molecule has 2 rings (SSSR count). The van der Waals surface area contributed by atoms with Crippen LogP contribution in [0.5, 0.6) is 0 Å². The lowest BCUT2D eigenvalue weighted by molar-refractivity contribution is -0.175. The second kappa shape index (κ2) is 14.4. The molecular weight excluding hydrogens is 481 g/mol. The van der Waals surface area contributed by atoms with Crippen molar-refractivity contribution in [2.45, 2.75) is 88.5 Å². The standard InChI is InChI=1S/C23H39F3N6O4/c24-23(25,26)14-36-13-19(33)17(8-4-10-30-22(28)29)31-20(34)18-9-5-11-32(18)21(35)16(27)12-15-6-2-1-3-7-15/h15-18H,1-14,27H2,(H,31,34)(H4,28,29,30)/t16-,17-,18-/m0/s1. The highest BCUT2D eigenvalue weighted by molar-refractivity contribution is 5.94. The minimum absolute atomic E-state index is 0.0958. The molecule has 1 aliphatic heterocycles. The molecule has 36 heavy (non-hydrogen) atoms. The molecule has 206 valence electrons. The zero-order valence-electron chi connectivity index (χ0n) is 20.6. The monoisotopic (exact) mass is 520 g/mol. The van der Waals surface area contributed by atoms with Gasteiger partial charge in [-0.1, -0.05) is 32.1 Å². The van der Waals surface area contributed by atoms with Gasteiger partial charge in [-0.3, -0.25) is 19.4 Å². The number of halogens is 3. The third kappa shape index (κ3) is 10.3. The second-order valence-corrected chi connectivity index (χ2v) is 9.62. The van der Waals surface area contributed by atoms with Crippen LogP contribution in [-0.2, 0) is 19.1 Å². The summed E-state index contributed by atoms with van der Waals surface area (Å²) in [5, 5.41) is 2.60. The summed E-state index contributed by atoms with van der Waals surface area (Å²) < 4.78 is 41.6. The van der Waals surface area contributed by atoms with Crippen LogP contribution < -0.4 is 22.5 Å². The van der Waals surface area contributed by atoms with Gasteiger partial charge in [0, 0.05) is 13.1 Å². The van der Waals surface area contributed by atoms with E-state index in [1.807, 2.05) is 0 Å². The van der Waals surface area contributed by atoms with Crippen LogP contribution in [0.2, 0.25) is 0 Å². The summed E-state index contributed by atoms with van der Waals surface area (Å²) in [6, 6.07) is -2.60. The van der Waals surface area contributed by atoms with E-state index in [1.54, 1.807) is 0 Å². The van der Waals surface area contributed by atoms with E-state index in [2.05, 4.69) is 15.0 Å². The van der Waals surface area contributed by atoms with Crippen LogP contribution in [0.4, 0.5) is 13.2 Å². The largest absolute Gasteiger partial charge is 0.411 e. The molecule has 0 spiro atoms. The van der Waals surface area contributed by atoms with Crippen molar-refractivity contribution >= 4 is 23.6 Å². The molecule has 1 saturated heterocycles. The van der Waals surface area contributed by atoms with Gasteiger partial charge >= 0.3 is 6.18 Å². The molecule has 2 amide bonds. The van der Waals surface area contributed by atoms with E-state index < -0.39 is 49.2 Å². The first-order valence-corrected chi connectivity index (χ1v) is 12.6. The fraction of sp³-hybridized carbons (Fsp3) is 0.826. The summed E-state index contributed by atoms with van der Waals surface area (Å²) in [6.45, 7) is -1.83. The van der Waals surface area contributed by atoms with E-state index in [4.69, 9.17) is 17.2 Å². The number of nitrogens with one attached hydrogen (secondary N) is 1. The summed E-state index contributed by atoms with van der Waals surface area (Å²) in [6.07, 6.45) is 2.96. The molecule has 0 aromatic carbocycles. The van der Waals surface area contributed by atoms with Gasteiger partial charge < -0.3 is 32.2 Å². The first-order chi connectivity index (χ1) is 17.0. The Balaban J connectivity index is 1.98. The van der Waals surface area contributed by atoms with E-state index in [-0.39, 0.29) is 24.8 Å². The van der Waals surface area contributed by atoms with E-state index in [0.29, 0.717) is 38.1 Å². The molecular formula is C23H39F3N6O4. The topological polar surface area (TPSA) is 166 Å². The number of rotatable bonds is 13. The molecule has 2 aliphatic rings. The highest BCUT2D eigenvalue weighted by Gasteiger charge is 2.38. The normalized spacial score (nSPS) is 20.6. The zero-order chi connectivity index (χ0) is 26.7. The molecule has 10 nitrogen and oxygen atoms in total. The predicted octanol–water partition coefficient (Wildman–Crippen LogP) is 0.962. The van der Waals surface area contributed by atoms with Crippen molar-refractivity contribution < 1.29 is 32.3 Å². The Hall–Kier alpha value is -2.41. The minimum atomic E-state index is -4.58. The average Bonchev–Trinajstić information content (AvgIpc) is 3.30. The Kier molecular flexibility index (Phi) is 11.9. The van der Waals surface area contributed by atoms with Crippen molar-refractivity contribution in [1.82, 2.24) is 10.2 Å². The van der Waals surface area contributed by atoms with Crippen LogP contribution in [0.15, 0.2) is 4.99 Å². The Bertz CT molecular complexity index is 769. The summed E-state index contributed by atoms with van der Waals surface area (Å²) in [7, 11) is 0. The first-order valence-electron chi connectivity index (χ1n) is 12.6. The van der Waals surface area contributed by atoms with Crippen molar-refractivity contribution in [1.29, 1.82) is 0 Å². The van der Waals surface area contributed by atoms with E-state index in [0.717, 1.165) is 25.7 Å². The number of carbonyl (C=O) groups is 3. The molecule has 0 radical (unpaired) electrons. The summed E-state index contributed by atoms with van der Waals surface area (Å²) in [5.41, 5.74) is 16.8. The SMILES string of the molecule is NC(N)=NCCC[C@H](NC(=O)[C@@H]1CCCN1C(=O)[C@@H](N)CC1CCCCC1)C(=O)COCC(F)(F)F.